The predicted molar refractivity (Wildman–Crippen MR) is 83.0 cm³/mol. The third-order valence-electron chi connectivity index (χ3n) is 3.90. The van der Waals surface area contributed by atoms with Crippen LogP contribution in [0.5, 0.6) is 0 Å². The predicted octanol–water partition coefficient (Wildman–Crippen LogP) is 3.81. The first kappa shape index (κ1) is 15.1. The number of halogens is 2. The van der Waals surface area contributed by atoms with E-state index in [1.54, 1.807) is 0 Å². The van der Waals surface area contributed by atoms with E-state index in [0.29, 0.717) is 10.0 Å². The molecule has 2 rings (SSSR count). The molecule has 19 heavy (non-hydrogen) atoms. The summed E-state index contributed by atoms with van der Waals surface area (Å²) < 4.78 is 0. The van der Waals surface area contributed by atoms with Crippen molar-refractivity contribution in [3.8, 4) is 0 Å². The molecule has 1 aromatic carbocycles. The molecule has 4 heteroatoms. The van der Waals surface area contributed by atoms with Gasteiger partial charge in [0.1, 0.15) is 0 Å². The van der Waals surface area contributed by atoms with Crippen molar-refractivity contribution in [2.45, 2.75) is 26.3 Å². The average molecular weight is 301 g/mol. The second-order valence-corrected chi connectivity index (χ2v) is 6.07. The van der Waals surface area contributed by atoms with Gasteiger partial charge in [0.05, 0.1) is 10.0 Å². The second kappa shape index (κ2) is 7.49. The number of hydrogen-bond donors (Lipinski definition) is 1. The Morgan fingerprint density at radius 1 is 1.21 bits per heavy atom. The highest BCUT2D eigenvalue weighted by Crippen LogP contribution is 2.22. The van der Waals surface area contributed by atoms with Gasteiger partial charge in [0.25, 0.3) is 0 Å². The molecule has 1 aromatic rings. The Hall–Kier alpha value is -0.280. The van der Waals surface area contributed by atoms with Crippen molar-refractivity contribution in [1.29, 1.82) is 0 Å². The lowest BCUT2D eigenvalue weighted by molar-refractivity contribution is 0.190. The Balaban J connectivity index is 1.70. The number of nitrogens with zero attached hydrogens (tertiary/aromatic N) is 1. The van der Waals surface area contributed by atoms with Crippen LogP contribution < -0.4 is 5.32 Å². The largest absolute Gasteiger partial charge is 0.312 e. The molecule has 1 aliphatic heterocycles. The molecule has 0 spiro atoms. The lowest BCUT2D eigenvalue weighted by Crippen LogP contribution is -2.36. The van der Waals surface area contributed by atoms with E-state index in [2.05, 4.69) is 17.1 Å². The zero-order valence-electron chi connectivity index (χ0n) is 11.5. The van der Waals surface area contributed by atoms with Crippen molar-refractivity contribution in [3.05, 3.63) is 33.8 Å². The van der Waals surface area contributed by atoms with Crippen LogP contribution in [-0.2, 0) is 6.54 Å². The monoisotopic (exact) mass is 300 g/mol. The number of hydrogen-bond acceptors (Lipinski definition) is 2. The van der Waals surface area contributed by atoms with Gasteiger partial charge >= 0.3 is 0 Å². The van der Waals surface area contributed by atoms with Gasteiger partial charge < -0.3 is 10.2 Å². The molecular weight excluding hydrogens is 279 g/mol. The number of benzene rings is 1. The summed E-state index contributed by atoms with van der Waals surface area (Å²) in [7, 11) is 0. The summed E-state index contributed by atoms with van der Waals surface area (Å²) >= 11 is 11.9. The standard InChI is InChI=1S/C15H22Cl2N2/c1-2-19-7-5-12(6-8-19)10-18-11-13-3-4-14(16)15(17)9-13/h3-4,9,12,18H,2,5-8,10-11H2,1H3. The van der Waals surface area contributed by atoms with Gasteiger partial charge in [0.2, 0.25) is 0 Å². The number of nitrogens with one attached hydrogen (secondary N) is 1. The van der Waals surface area contributed by atoms with Crippen LogP contribution in [0, 0.1) is 5.92 Å². The molecule has 2 nitrogen and oxygen atoms in total. The molecule has 0 unspecified atom stereocenters. The van der Waals surface area contributed by atoms with E-state index in [4.69, 9.17) is 23.2 Å². The molecule has 0 saturated carbocycles. The van der Waals surface area contributed by atoms with Crippen molar-refractivity contribution in [1.82, 2.24) is 10.2 Å². The highest BCUT2D eigenvalue weighted by molar-refractivity contribution is 6.42. The van der Waals surface area contributed by atoms with Gasteiger partial charge in [-0.05, 0) is 62.6 Å². The Kier molecular flexibility index (Phi) is 5.96. The fourth-order valence-electron chi connectivity index (χ4n) is 2.58. The molecule has 1 heterocycles. The third-order valence-corrected chi connectivity index (χ3v) is 4.64. The summed E-state index contributed by atoms with van der Waals surface area (Å²) in [5.74, 6) is 0.811. The summed E-state index contributed by atoms with van der Waals surface area (Å²) in [4.78, 5) is 2.52. The van der Waals surface area contributed by atoms with E-state index < -0.39 is 0 Å². The van der Waals surface area contributed by atoms with E-state index in [1.807, 2.05) is 18.2 Å². The Morgan fingerprint density at radius 2 is 1.95 bits per heavy atom. The normalized spacial score (nSPS) is 17.8. The Labute approximate surface area is 126 Å². The third kappa shape index (κ3) is 4.64. The minimum atomic E-state index is 0.623. The molecule has 0 aliphatic carbocycles. The van der Waals surface area contributed by atoms with Crippen LogP contribution in [0.1, 0.15) is 25.3 Å². The zero-order chi connectivity index (χ0) is 13.7. The fraction of sp³-hybridized carbons (Fsp3) is 0.600. The van der Waals surface area contributed by atoms with Gasteiger partial charge in [-0.2, -0.15) is 0 Å². The van der Waals surface area contributed by atoms with Gasteiger partial charge in [-0.1, -0.05) is 36.2 Å². The molecule has 1 fully saturated rings. The summed E-state index contributed by atoms with van der Waals surface area (Å²) in [5, 5.41) is 4.79. The molecule has 1 aliphatic rings. The van der Waals surface area contributed by atoms with Crippen molar-refractivity contribution < 1.29 is 0 Å². The highest BCUT2D eigenvalue weighted by Gasteiger charge is 2.17. The molecule has 1 N–H and O–H groups in total. The average Bonchev–Trinajstić information content (AvgIpc) is 2.43. The van der Waals surface area contributed by atoms with Gasteiger partial charge in [-0.25, -0.2) is 0 Å². The number of rotatable bonds is 5. The molecule has 106 valence electrons. The highest BCUT2D eigenvalue weighted by atomic mass is 35.5. The van der Waals surface area contributed by atoms with Crippen molar-refractivity contribution >= 4 is 23.2 Å². The van der Waals surface area contributed by atoms with Crippen LogP contribution in [0.25, 0.3) is 0 Å². The van der Waals surface area contributed by atoms with Crippen molar-refractivity contribution in [2.75, 3.05) is 26.2 Å². The van der Waals surface area contributed by atoms with Crippen molar-refractivity contribution in [3.63, 3.8) is 0 Å². The fourth-order valence-corrected chi connectivity index (χ4v) is 2.90. The number of likely N-dealkylation sites (tertiary alicyclic amines) is 1. The maximum Gasteiger partial charge on any atom is 0.0595 e. The Bertz CT molecular complexity index is 401. The van der Waals surface area contributed by atoms with Crippen LogP contribution in [-0.4, -0.2) is 31.1 Å². The van der Waals surface area contributed by atoms with Gasteiger partial charge in [-0.3, -0.25) is 0 Å². The van der Waals surface area contributed by atoms with Crippen LogP contribution in [0.2, 0.25) is 10.0 Å². The molecule has 0 atom stereocenters. The lowest BCUT2D eigenvalue weighted by atomic mass is 9.97. The van der Waals surface area contributed by atoms with Gasteiger partial charge in [0, 0.05) is 6.54 Å². The summed E-state index contributed by atoms with van der Waals surface area (Å²) in [6.07, 6.45) is 2.62. The summed E-state index contributed by atoms with van der Waals surface area (Å²) in [6.45, 7) is 7.88. The SMILES string of the molecule is CCN1CCC(CNCc2ccc(Cl)c(Cl)c2)CC1. The smallest absolute Gasteiger partial charge is 0.0595 e. The molecule has 0 radical (unpaired) electrons. The van der Waals surface area contributed by atoms with Crippen LogP contribution in [0.4, 0.5) is 0 Å². The molecular formula is C15H22Cl2N2. The zero-order valence-corrected chi connectivity index (χ0v) is 13.0. The van der Waals surface area contributed by atoms with E-state index in [1.165, 1.54) is 38.0 Å². The summed E-state index contributed by atoms with van der Waals surface area (Å²) in [6, 6.07) is 5.83. The molecule has 0 bridgehead atoms. The van der Waals surface area contributed by atoms with Crippen LogP contribution >= 0.6 is 23.2 Å². The number of piperidine rings is 1. The first-order chi connectivity index (χ1) is 9.19. The van der Waals surface area contributed by atoms with Gasteiger partial charge in [0.15, 0.2) is 0 Å². The minimum Gasteiger partial charge on any atom is -0.312 e. The van der Waals surface area contributed by atoms with Gasteiger partial charge in [-0.15, -0.1) is 0 Å². The first-order valence-electron chi connectivity index (χ1n) is 7.06. The van der Waals surface area contributed by atoms with E-state index in [9.17, 15) is 0 Å². The molecule has 0 aromatic heterocycles. The van der Waals surface area contributed by atoms with Crippen LogP contribution in [0.3, 0.4) is 0 Å². The Morgan fingerprint density at radius 3 is 2.58 bits per heavy atom. The quantitative estimate of drug-likeness (QED) is 0.889. The first-order valence-corrected chi connectivity index (χ1v) is 7.81. The summed E-state index contributed by atoms with van der Waals surface area (Å²) in [5.41, 5.74) is 1.19. The van der Waals surface area contributed by atoms with E-state index in [0.717, 1.165) is 19.0 Å². The minimum absolute atomic E-state index is 0.623. The van der Waals surface area contributed by atoms with E-state index in [-0.39, 0.29) is 0 Å². The molecule has 0 amide bonds. The maximum atomic E-state index is 6.01. The lowest BCUT2D eigenvalue weighted by Gasteiger charge is -2.31. The molecule has 1 saturated heterocycles. The van der Waals surface area contributed by atoms with Crippen molar-refractivity contribution in [2.24, 2.45) is 5.92 Å². The van der Waals surface area contributed by atoms with E-state index >= 15 is 0 Å². The maximum absolute atomic E-state index is 6.01. The van der Waals surface area contributed by atoms with Crippen LogP contribution in [0.15, 0.2) is 18.2 Å². The second-order valence-electron chi connectivity index (χ2n) is 5.26. The topological polar surface area (TPSA) is 15.3 Å².